The number of hydrogen-bond acceptors (Lipinski definition) is 4. The van der Waals surface area contributed by atoms with Crippen LogP contribution in [0.1, 0.15) is 31.4 Å². The van der Waals surface area contributed by atoms with Gasteiger partial charge in [-0.25, -0.2) is 8.42 Å². The zero-order chi connectivity index (χ0) is 21.0. The molecule has 0 aliphatic carbocycles. The third-order valence-electron chi connectivity index (χ3n) is 5.18. The minimum Gasteiger partial charge on any atom is -0.497 e. The van der Waals surface area contributed by atoms with E-state index in [-0.39, 0.29) is 29.3 Å². The van der Waals surface area contributed by atoms with Gasteiger partial charge in [0.2, 0.25) is 15.9 Å². The molecule has 6 nitrogen and oxygen atoms in total. The molecule has 1 aliphatic heterocycles. The first-order chi connectivity index (χ1) is 13.8. The second-order valence-corrected chi connectivity index (χ2v) is 9.53. The molecule has 2 atom stereocenters. The molecule has 0 unspecified atom stereocenters. The maximum Gasteiger partial charge on any atom is 0.243 e. The molecule has 1 fully saturated rings. The number of piperidine rings is 1. The van der Waals surface area contributed by atoms with Gasteiger partial charge in [0.05, 0.1) is 24.0 Å². The van der Waals surface area contributed by atoms with Gasteiger partial charge in [-0.15, -0.1) is 0 Å². The minimum atomic E-state index is -3.65. The van der Waals surface area contributed by atoms with E-state index in [1.807, 2.05) is 31.2 Å². The fraction of sp³-hybridized carbons (Fsp3) is 0.381. The van der Waals surface area contributed by atoms with Gasteiger partial charge in [-0.3, -0.25) is 4.79 Å². The van der Waals surface area contributed by atoms with Crippen molar-refractivity contribution < 1.29 is 17.9 Å². The molecule has 0 radical (unpaired) electrons. The van der Waals surface area contributed by atoms with Crippen LogP contribution in [0, 0.1) is 5.92 Å². The normalized spacial score (nSPS) is 18.8. The third-order valence-corrected chi connectivity index (χ3v) is 7.31. The van der Waals surface area contributed by atoms with Crippen LogP contribution < -0.4 is 10.1 Å². The van der Waals surface area contributed by atoms with E-state index in [1.54, 1.807) is 19.2 Å². The summed E-state index contributed by atoms with van der Waals surface area (Å²) in [5, 5.41) is 3.48. The maximum atomic E-state index is 12.9. The number of amides is 1. The highest BCUT2D eigenvalue weighted by Gasteiger charge is 2.33. The molecule has 3 rings (SSSR count). The fourth-order valence-electron chi connectivity index (χ4n) is 3.44. The SMILES string of the molecule is COc1ccc([C@@H](C)NC(=O)[C@H]2CCCN(S(=O)(=O)c3ccc(Cl)cc3)C2)cc1. The first-order valence-electron chi connectivity index (χ1n) is 9.51. The van der Waals surface area contributed by atoms with E-state index in [0.29, 0.717) is 24.4 Å². The predicted molar refractivity (Wildman–Crippen MR) is 112 cm³/mol. The predicted octanol–water partition coefficient (Wildman–Crippen LogP) is 3.63. The van der Waals surface area contributed by atoms with Crippen molar-refractivity contribution in [1.29, 1.82) is 0 Å². The Bertz CT molecular complexity index is 946. The Hall–Kier alpha value is -2.09. The molecule has 1 aliphatic rings. The van der Waals surface area contributed by atoms with Gasteiger partial charge in [0.1, 0.15) is 5.75 Å². The number of nitrogens with zero attached hydrogens (tertiary/aromatic N) is 1. The highest BCUT2D eigenvalue weighted by molar-refractivity contribution is 7.89. The van der Waals surface area contributed by atoms with Crippen molar-refractivity contribution in [1.82, 2.24) is 9.62 Å². The average Bonchev–Trinajstić information content (AvgIpc) is 2.74. The quantitative estimate of drug-likeness (QED) is 0.750. The number of carbonyl (C=O) groups excluding carboxylic acids is 1. The van der Waals surface area contributed by atoms with Crippen LogP contribution in [-0.4, -0.2) is 38.8 Å². The number of nitrogens with one attached hydrogen (secondary N) is 1. The van der Waals surface area contributed by atoms with E-state index in [4.69, 9.17) is 16.3 Å². The van der Waals surface area contributed by atoms with Crippen LogP contribution >= 0.6 is 11.6 Å². The standard InChI is InChI=1S/C21H25ClN2O4S/c1-15(16-5-9-19(28-2)10-6-16)23-21(25)17-4-3-13-24(14-17)29(26,27)20-11-7-18(22)8-12-20/h5-12,15,17H,3-4,13-14H2,1-2H3,(H,23,25)/t15-,17+/m1/s1. The van der Waals surface area contributed by atoms with Crippen LogP contribution in [0.5, 0.6) is 5.75 Å². The van der Waals surface area contributed by atoms with Gasteiger partial charge < -0.3 is 10.1 Å². The Labute approximate surface area is 176 Å². The Morgan fingerprint density at radius 1 is 1.17 bits per heavy atom. The van der Waals surface area contributed by atoms with Crippen molar-refractivity contribution in [2.45, 2.75) is 30.7 Å². The van der Waals surface area contributed by atoms with Crippen LogP contribution in [0.3, 0.4) is 0 Å². The Balaban J connectivity index is 1.66. The fourth-order valence-corrected chi connectivity index (χ4v) is 5.09. The lowest BCUT2D eigenvalue weighted by Crippen LogP contribution is -2.45. The number of carbonyl (C=O) groups is 1. The maximum absolute atomic E-state index is 12.9. The smallest absolute Gasteiger partial charge is 0.243 e. The lowest BCUT2D eigenvalue weighted by molar-refractivity contribution is -0.126. The second kappa shape index (κ2) is 9.15. The zero-order valence-corrected chi connectivity index (χ0v) is 18.0. The summed E-state index contributed by atoms with van der Waals surface area (Å²) in [5.41, 5.74) is 0.959. The summed E-state index contributed by atoms with van der Waals surface area (Å²) < 4.78 is 32.4. The van der Waals surface area contributed by atoms with E-state index in [1.165, 1.54) is 16.4 Å². The number of rotatable bonds is 6. The Morgan fingerprint density at radius 2 is 1.83 bits per heavy atom. The highest BCUT2D eigenvalue weighted by Crippen LogP contribution is 2.26. The topological polar surface area (TPSA) is 75.7 Å². The molecule has 0 aromatic heterocycles. The van der Waals surface area contributed by atoms with Gasteiger partial charge in [0, 0.05) is 18.1 Å². The van der Waals surface area contributed by atoms with Crippen molar-refractivity contribution >= 4 is 27.5 Å². The van der Waals surface area contributed by atoms with Crippen molar-refractivity contribution in [3.8, 4) is 5.75 Å². The van der Waals surface area contributed by atoms with E-state index < -0.39 is 10.0 Å². The monoisotopic (exact) mass is 436 g/mol. The summed E-state index contributed by atoms with van der Waals surface area (Å²) in [6.45, 7) is 2.49. The minimum absolute atomic E-state index is 0.135. The third kappa shape index (κ3) is 5.10. The molecule has 1 N–H and O–H groups in total. The van der Waals surface area contributed by atoms with Crippen molar-refractivity contribution in [2.75, 3.05) is 20.2 Å². The van der Waals surface area contributed by atoms with Crippen LogP contribution in [-0.2, 0) is 14.8 Å². The summed E-state index contributed by atoms with van der Waals surface area (Å²) in [6, 6.07) is 13.4. The van der Waals surface area contributed by atoms with E-state index in [0.717, 1.165) is 11.3 Å². The molecule has 1 amide bonds. The van der Waals surface area contributed by atoms with Crippen molar-refractivity contribution in [3.05, 3.63) is 59.1 Å². The molecule has 1 saturated heterocycles. The van der Waals surface area contributed by atoms with E-state index >= 15 is 0 Å². The van der Waals surface area contributed by atoms with Crippen LogP contribution in [0.25, 0.3) is 0 Å². The molecular formula is C21H25ClN2O4S. The van der Waals surface area contributed by atoms with E-state index in [9.17, 15) is 13.2 Å². The number of benzene rings is 2. The highest BCUT2D eigenvalue weighted by atomic mass is 35.5. The summed E-state index contributed by atoms with van der Waals surface area (Å²) >= 11 is 5.86. The molecular weight excluding hydrogens is 412 g/mol. The molecule has 156 valence electrons. The lowest BCUT2D eigenvalue weighted by Gasteiger charge is -2.32. The van der Waals surface area contributed by atoms with Gasteiger partial charge in [0.25, 0.3) is 0 Å². The molecule has 2 aromatic carbocycles. The number of methoxy groups -OCH3 is 1. The average molecular weight is 437 g/mol. The van der Waals surface area contributed by atoms with Gasteiger partial charge in [0.15, 0.2) is 0 Å². The van der Waals surface area contributed by atoms with Gasteiger partial charge in [-0.2, -0.15) is 4.31 Å². The number of halogens is 1. The molecule has 0 saturated carbocycles. The van der Waals surface area contributed by atoms with Gasteiger partial charge in [-0.1, -0.05) is 23.7 Å². The van der Waals surface area contributed by atoms with Crippen molar-refractivity contribution in [2.24, 2.45) is 5.92 Å². The number of sulfonamides is 1. The summed E-state index contributed by atoms with van der Waals surface area (Å²) in [4.78, 5) is 13.0. The van der Waals surface area contributed by atoms with Gasteiger partial charge >= 0.3 is 0 Å². The Kier molecular flexibility index (Phi) is 6.82. The molecule has 0 bridgehead atoms. The first kappa shape index (κ1) is 21.6. The zero-order valence-electron chi connectivity index (χ0n) is 16.5. The molecule has 1 heterocycles. The summed E-state index contributed by atoms with van der Waals surface area (Å²) in [5.74, 6) is 0.235. The van der Waals surface area contributed by atoms with Crippen molar-refractivity contribution in [3.63, 3.8) is 0 Å². The molecule has 8 heteroatoms. The molecule has 0 spiro atoms. The lowest BCUT2D eigenvalue weighted by atomic mass is 9.98. The van der Waals surface area contributed by atoms with Crippen LogP contribution in [0.15, 0.2) is 53.4 Å². The number of ether oxygens (including phenoxy) is 1. The molecule has 29 heavy (non-hydrogen) atoms. The largest absolute Gasteiger partial charge is 0.497 e. The summed E-state index contributed by atoms with van der Waals surface area (Å²) in [6.07, 6.45) is 1.30. The summed E-state index contributed by atoms with van der Waals surface area (Å²) in [7, 11) is -2.05. The van der Waals surface area contributed by atoms with Gasteiger partial charge in [-0.05, 0) is 61.7 Å². The molecule has 2 aromatic rings. The van der Waals surface area contributed by atoms with Crippen LogP contribution in [0.4, 0.5) is 0 Å². The van der Waals surface area contributed by atoms with Crippen LogP contribution in [0.2, 0.25) is 5.02 Å². The van der Waals surface area contributed by atoms with E-state index in [2.05, 4.69) is 5.32 Å². The number of hydrogen-bond donors (Lipinski definition) is 1. The first-order valence-corrected chi connectivity index (χ1v) is 11.3. The Morgan fingerprint density at radius 3 is 2.45 bits per heavy atom. The second-order valence-electron chi connectivity index (χ2n) is 7.16.